The lowest BCUT2D eigenvalue weighted by molar-refractivity contribution is 0.215. The molecule has 94 valence electrons. The number of nitrogens with zero attached hydrogens (tertiary/aromatic N) is 1. The zero-order valence-corrected chi connectivity index (χ0v) is 11.4. The fourth-order valence-electron chi connectivity index (χ4n) is 1.72. The van der Waals surface area contributed by atoms with Crippen molar-refractivity contribution in [3.63, 3.8) is 0 Å². The predicted octanol–water partition coefficient (Wildman–Crippen LogP) is 4.03. The molecule has 18 heavy (non-hydrogen) atoms. The number of aryl methyl sites for hydroxylation is 1. The number of halogens is 2. The Labute approximate surface area is 116 Å². The van der Waals surface area contributed by atoms with Crippen molar-refractivity contribution in [3.05, 3.63) is 63.4 Å². The quantitative estimate of drug-likeness (QED) is 0.921. The molecule has 2 aromatic rings. The van der Waals surface area contributed by atoms with Gasteiger partial charge < -0.3 is 5.11 Å². The molecule has 1 atom stereocenters. The zero-order valence-electron chi connectivity index (χ0n) is 9.90. The van der Waals surface area contributed by atoms with E-state index >= 15 is 0 Å². The third-order valence-corrected chi connectivity index (χ3v) is 3.31. The molecule has 0 spiro atoms. The van der Waals surface area contributed by atoms with Crippen LogP contribution in [0.15, 0.2) is 36.5 Å². The number of aliphatic hydroxyl groups excluding tert-OH is 1. The number of pyridine rings is 1. The molecule has 0 aliphatic heterocycles. The van der Waals surface area contributed by atoms with E-state index in [0.717, 1.165) is 12.0 Å². The highest BCUT2D eigenvalue weighted by atomic mass is 35.5. The number of rotatable bonds is 3. The molecular formula is C14H13Cl2NO. The van der Waals surface area contributed by atoms with Gasteiger partial charge in [-0.15, -0.1) is 0 Å². The summed E-state index contributed by atoms with van der Waals surface area (Å²) in [6.45, 7) is 2.09. The van der Waals surface area contributed by atoms with E-state index in [1.54, 1.807) is 6.07 Å². The van der Waals surface area contributed by atoms with Gasteiger partial charge in [0.1, 0.15) is 6.10 Å². The smallest absolute Gasteiger partial charge is 0.122 e. The van der Waals surface area contributed by atoms with Crippen molar-refractivity contribution in [1.82, 2.24) is 4.98 Å². The van der Waals surface area contributed by atoms with Crippen molar-refractivity contribution in [3.8, 4) is 0 Å². The van der Waals surface area contributed by atoms with E-state index in [1.807, 2.05) is 24.3 Å². The number of hydrogen-bond acceptors (Lipinski definition) is 2. The van der Waals surface area contributed by atoms with E-state index in [4.69, 9.17) is 23.2 Å². The van der Waals surface area contributed by atoms with Crippen molar-refractivity contribution < 1.29 is 5.11 Å². The van der Waals surface area contributed by atoms with Gasteiger partial charge >= 0.3 is 0 Å². The molecule has 4 heteroatoms. The van der Waals surface area contributed by atoms with Gasteiger partial charge in [0.05, 0.1) is 15.7 Å². The van der Waals surface area contributed by atoms with Gasteiger partial charge in [-0.3, -0.25) is 4.98 Å². The minimum Gasteiger partial charge on any atom is -0.382 e. The van der Waals surface area contributed by atoms with Crippen LogP contribution in [0.25, 0.3) is 0 Å². The molecule has 0 amide bonds. The van der Waals surface area contributed by atoms with Crippen LogP contribution in [-0.2, 0) is 6.42 Å². The van der Waals surface area contributed by atoms with Gasteiger partial charge in [0.15, 0.2) is 0 Å². The molecule has 0 fully saturated rings. The van der Waals surface area contributed by atoms with Crippen molar-refractivity contribution in [1.29, 1.82) is 0 Å². The molecule has 1 aromatic carbocycles. The second-order valence-corrected chi connectivity index (χ2v) is 4.86. The molecule has 0 saturated carbocycles. The Morgan fingerprint density at radius 1 is 1.22 bits per heavy atom. The minimum absolute atomic E-state index is 0.370. The molecule has 1 unspecified atom stereocenters. The highest BCUT2D eigenvalue weighted by Crippen LogP contribution is 2.28. The van der Waals surface area contributed by atoms with Gasteiger partial charge in [-0.2, -0.15) is 0 Å². The molecule has 1 heterocycles. The summed E-state index contributed by atoms with van der Waals surface area (Å²) in [5.41, 5.74) is 2.41. The third kappa shape index (κ3) is 2.83. The number of hydrogen-bond donors (Lipinski definition) is 1. The molecule has 0 aliphatic carbocycles. The normalized spacial score (nSPS) is 12.4. The number of aliphatic hydroxyl groups is 1. The summed E-state index contributed by atoms with van der Waals surface area (Å²) >= 11 is 11.8. The fraction of sp³-hybridized carbons (Fsp3) is 0.214. The summed E-state index contributed by atoms with van der Waals surface area (Å²) in [6, 6.07) is 9.33. The van der Waals surface area contributed by atoms with Crippen molar-refractivity contribution in [2.75, 3.05) is 0 Å². The highest BCUT2D eigenvalue weighted by molar-refractivity contribution is 6.34. The summed E-state index contributed by atoms with van der Waals surface area (Å²) in [5.74, 6) is 0. The second-order valence-electron chi connectivity index (χ2n) is 4.02. The molecule has 0 radical (unpaired) electrons. The summed E-state index contributed by atoms with van der Waals surface area (Å²) in [4.78, 5) is 4.08. The van der Waals surface area contributed by atoms with E-state index in [9.17, 15) is 5.11 Å². The molecule has 0 aliphatic rings. The minimum atomic E-state index is -0.833. The monoisotopic (exact) mass is 281 g/mol. The van der Waals surface area contributed by atoms with Crippen LogP contribution in [0.3, 0.4) is 0 Å². The van der Waals surface area contributed by atoms with Crippen LogP contribution >= 0.6 is 23.2 Å². The summed E-state index contributed by atoms with van der Waals surface area (Å²) in [5, 5.41) is 11.1. The SMILES string of the molecule is CCc1ccc(C(O)c2ncc(Cl)cc2Cl)cc1. The topological polar surface area (TPSA) is 33.1 Å². The molecule has 2 nitrogen and oxygen atoms in total. The van der Waals surface area contributed by atoms with Crippen LogP contribution in [0.2, 0.25) is 10.0 Å². The van der Waals surface area contributed by atoms with Gasteiger partial charge in [-0.1, -0.05) is 54.4 Å². The lowest BCUT2D eigenvalue weighted by atomic mass is 10.0. The van der Waals surface area contributed by atoms with Gasteiger partial charge in [0, 0.05) is 6.20 Å². The van der Waals surface area contributed by atoms with Crippen molar-refractivity contribution in [2.24, 2.45) is 0 Å². The van der Waals surface area contributed by atoms with Gasteiger partial charge in [0.2, 0.25) is 0 Å². The maximum Gasteiger partial charge on any atom is 0.122 e. The number of benzene rings is 1. The predicted molar refractivity (Wildman–Crippen MR) is 74.1 cm³/mol. The highest BCUT2D eigenvalue weighted by Gasteiger charge is 2.15. The van der Waals surface area contributed by atoms with Crippen LogP contribution in [0.4, 0.5) is 0 Å². The molecule has 0 bridgehead atoms. The Morgan fingerprint density at radius 2 is 1.89 bits per heavy atom. The molecule has 0 saturated heterocycles. The second kappa shape index (κ2) is 5.70. The average Bonchev–Trinajstić information content (AvgIpc) is 2.38. The lowest BCUT2D eigenvalue weighted by Gasteiger charge is -2.12. The van der Waals surface area contributed by atoms with E-state index in [-0.39, 0.29) is 0 Å². The average molecular weight is 282 g/mol. The first-order valence-corrected chi connectivity index (χ1v) is 6.45. The van der Waals surface area contributed by atoms with Crippen LogP contribution in [0.1, 0.15) is 29.8 Å². The third-order valence-electron chi connectivity index (χ3n) is 2.80. The van der Waals surface area contributed by atoms with E-state index in [0.29, 0.717) is 15.7 Å². The Morgan fingerprint density at radius 3 is 2.44 bits per heavy atom. The van der Waals surface area contributed by atoms with E-state index in [2.05, 4.69) is 11.9 Å². The summed E-state index contributed by atoms with van der Waals surface area (Å²) in [6.07, 6.45) is 1.61. The van der Waals surface area contributed by atoms with Crippen LogP contribution in [0.5, 0.6) is 0 Å². The van der Waals surface area contributed by atoms with Crippen molar-refractivity contribution >= 4 is 23.2 Å². The molecule has 1 N–H and O–H groups in total. The Balaban J connectivity index is 2.31. The fourth-order valence-corrected chi connectivity index (χ4v) is 2.20. The van der Waals surface area contributed by atoms with Crippen LogP contribution < -0.4 is 0 Å². The van der Waals surface area contributed by atoms with Crippen LogP contribution in [-0.4, -0.2) is 10.1 Å². The van der Waals surface area contributed by atoms with Gasteiger partial charge in [-0.25, -0.2) is 0 Å². The lowest BCUT2D eigenvalue weighted by Crippen LogP contribution is -2.03. The van der Waals surface area contributed by atoms with Gasteiger partial charge in [0.25, 0.3) is 0 Å². The molecule has 2 rings (SSSR count). The first kappa shape index (κ1) is 13.3. The van der Waals surface area contributed by atoms with E-state index in [1.165, 1.54) is 11.8 Å². The molecular weight excluding hydrogens is 269 g/mol. The summed E-state index contributed by atoms with van der Waals surface area (Å²) in [7, 11) is 0. The Hall–Kier alpha value is -1.09. The maximum atomic E-state index is 10.2. The Kier molecular flexibility index (Phi) is 4.23. The molecule has 1 aromatic heterocycles. The van der Waals surface area contributed by atoms with Crippen LogP contribution in [0, 0.1) is 0 Å². The van der Waals surface area contributed by atoms with Gasteiger partial charge in [-0.05, 0) is 23.6 Å². The maximum absolute atomic E-state index is 10.2. The standard InChI is InChI=1S/C14H13Cl2NO/c1-2-9-3-5-10(6-4-9)14(18)13-12(16)7-11(15)8-17-13/h3-8,14,18H,2H2,1H3. The Bertz CT molecular complexity index is 540. The largest absolute Gasteiger partial charge is 0.382 e. The first-order valence-electron chi connectivity index (χ1n) is 5.69. The summed E-state index contributed by atoms with van der Waals surface area (Å²) < 4.78 is 0. The van der Waals surface area contributed by atoms with Crippen molar-refractivity contribution in [2.45, 2.75) is 19.4 Å². The zero-order chi connectivity index (χ0) is 13.1. The van der Waals surface area contributed by atoms with E-state index < -0.39 is 6.10 Å². The number of aromatic nitrogens is 1. The first-order chi connectivity index (χ1) is 8.61.